The van der Waals surface area contributed by atoms with Gasteiger partial charge < -0.3 is 10.0 Å². The number of aliphatic carboxylic acids is 1. The van der Waals surface area contributed by atoms with Gasteiger partial charge in [-0.15, -0.1) is 10.2 Å². The molecule has 0 atom stereocenters. The maximum atomic E-state index is 10.8. The Morgan fingerprint density at radius 1 is 1.44 bits per heavy atom. The van der Waals surface area contributed by atoms with Crippen LogP contribution in [0.2, 0.25) is 5.15 Å². The third-order valence-electron chi connectivity index (χ3n) is 2.00. The molecule has 88 valence electrons. The van der Waals surface area contributed by atoms with Gasteiger partial charge in [-0.2, -0.15) is 0 Å². The molecule has 0 fully saturated rings. The van der Waals surface area contributed by atoms with E-state index in [2.05, 4.69) is 10.2 Å². The van der Waals surface area contributed by atoms with Crippen LogP contribution in [-0.4, -0.2) is 33.4 Å². The topological polar surface area (TPSA) is 66.3 Å². The average molecular weight is 244 g/mol. The number of carbonyl (C=O) groups is 1. The van der Waals surface area contributed by atoms with Crippen LogP contribution in [0.5, 0.6) is 0 Å². The van der Waals surface area contributed by atoms with Gasteiger partial charge in [0, 0.05) is 5.54 Å². The van der Waals surface area contributed by atoms with Crippen molar-refractivity contribution in [1.82, 2.24) is 10.2 Å². The van der Waals surface area contributed by atoms with Crippen molar-refractivity contribution in [2.45, 2.75) is 26.3 Å². The van der Waals surface area contributed by atoms with Gasteiger partial charge in [0.05, 0.1) is 0 Å². The fourth-order valence-corrected chi connectivity index (χ4v) is 1.35. The predicted octanol–water partition coefficient (Wildman–Crippen LogP) is 1.82. The van der Waals surface area contributed by atoms with Crippen LogP contribution in [0.4, 0.5) is 5.82 Å². The van der Waals surface area contributed by atoms with Crippen LogP contribution >= 0.6 is 11.6 Å². The van der Waals surface area contributed by atoms with Crippen LogP contribution < -0.4 is 4.90 Å². The van der Waals surface area contributed by atoms with Crippen molar-refractivity contribution in [3.05, 3.63) is 17.3 Å². The Labute approximate surface area is 99.0 Å². The Balaban J connectivity index is 3.01. The van der Waals surface area contributed by atoms with E-state index < -0.39 is 5.97 Å². The molecule has 1 N–H and O–H groups in total. The summed E-state index contributed by atoms with van der Waals surface area (Å²) in [6.07, 6.45) is 0. The van der Waals surface area contributed by atoms with E-state index in [4.69, 9.17) is 16.7 Å². The Morgan fingerprint density at radius 2 is 2.06 bits per heavy atom. The molecule has 0 aliphatic carbocycles. The van der Waals surface area contributed by atoms with Crippen LogP contribution in [-0.2, 0) is 4.79 Å². The molecule has 1 aromatic rings. The molecule has 0 aromatic carbocycles. The molecule has 0 amide bonds. The van der Waals surface area contributed by atoms with E-state index >= 15 is 0 Å². The molecule has 0 aliphatic rings. The molecular formula is C10H14ClN3O2. The predicted molar refractivity (Wildman–Crippen MR) is 61.8 cm³/mol. The summed E-state index contributed by atoms with van der Waals surface area (Å²) in [4.78, 5) is 12.4. The SMILES string of the molecule is CC(C)(C)N(CC(=O)O)c1ccc(Cl)nn1. The Hall–Kier alpha value is -1.36. The molecule has 0 spiro atoms. The maximum absolute atomic E-state index is 10.8. The monoisotopic (exact) mass is 243 g/mol. The number of carboxylic acids is 1. The summed E-state index contributed by atoms with van der Waals surface area (Å²) in [6.45, 7) is 5.60. The second-order valence-electron chi connectivity index (χ2n) is 4.36. The molecule has 0 aliphatic heterocycles. The first-order valence-electron chi connectivity index (χ1n) is 4.79. The zero-order valence-corrected chi connectivity index (χ0v) is 10.2. The summed E-state index contributed by atoms with van der Waals surface area (Å²) in [6, 6.07) is 3.24. The first-order valence-corrected chi connectivity index (χ1v) is 5.17. The van der Waals surface area contributed by atoms with E-state index in [1.54, 1.807) is 17.0 Å². The highest BCUT2D eigenvalue weighted by Crippen LogP contribution is 2.21. The molecule has 1 heterocycles. The number of hydrogen-bond acceptors (Lipinski definition) is 4. The van der Waals surface area contributed by atoms with Crippen LogP contribution in [0.15, 0.2) is 12.1 Å². The molecule has 0 saturated heterocycles. The minimum absolute atomic E-state index is 0.125. The standard InChI is InChI=1S/C10H14ClN3O2/c1-10(2,3)14(6-9(15)16)8-5-4-7(11)12-13-8/h4-5H,6H2,1-3H3,(H,15,16). The summed E-state index contributed by atoms with van der Waals surface area (Å²) in [5.41, 5.74) is -0.346. The lowest BCUT2D eigenvalue weighted by molar-refractivity contribution is -0.135. The molecule has 1 aromatic heterocycles. The Bertz CT molecular complexity index is 373. The largest absolute Gasteiger partial charge is 0.480 e. The van der Waals surface area contributed by atoms with Gasteiger partial charge in [-0.1, -0.05) is 11.6 Å². The van der Waals surface area contributed by atoms with Crippen molar-refractivity contribution >= 4 is 23.4 Å². The van der Waals surface area contributed by atoms with Crippen LogP contribution in [0.3, 0.4) is 0 Å². The molecule has 1 rings (SSSR count). The summed E-state index contributed by atoms with van der Waals surface area (Å²) >= 11 is 5.63. The summed E-state index contributed by atoms with van der Waals surface area (Å²) in [5.74, 6) is -0.411. The van der Waals surface area contributed by atoms with E-state index in [9.17, 15) is 4.79 Å². The van der Waals surface area contributed by atoms with Gasteiger partial charge in [0.2, 0.25) is 0 Å². The van der Waals surface area contributed by atoms with Crippen LogP contribution in [0.1, 0.15) is 20.8 Å². The third-order valence-corrected chi connectivity index (χ3v) is 2.20. The maximum Gasteiger partial charge on any atom is 0.323 e. The van der Waals surface area contributed by atoms with Crippen molar-refractivity contribution in [3.8, 4) is 0 Å². The first-order chi connectivity index (χ1) is 7.30. The second kappa shape index (κ2) is 4.65. The van der Waals surface area contributed by atoms with Gasteiger partial charge >= 0.3 is 5.97 Å². The fourth-order valence-electron chi connectivity index (χ4n) is 1.25. The number of anilines is 1. The van der Waals surface area contributed by atoms with Gasteiger partial charge in [0.25, 0.3) is 0 Å². The number of nitrogens with zero attached hydrogens (tertiary/aromatic N) is 3. The van der Waals surface area contributed by atoms with Crippen molar-refractivity contribution in [1.29, 1.82) is 0 Å². The number of carboxylic acid groups (broad SMARTS) is 1. The van der Waals surface area contributed by atoms with Crippen molar-refractivity contribution < 1.29 is 9.90 Å². The number of rotatable bonds is 3. The molecular weight excluding hydrogens is 230 g/mol. The van der Waals surface area contributed by atoms with E-state index in [0.29, 0.717) is 5.82 Å². The Morgan fingerprint density at radius 3 is 2.44 bits per heavy atom. The molecule has 6 heteroatoms. The molecule has 0 unspecified atom stereocenters. The van der Waals surface area contributed by atoms with Gasteiger partial charge in [-0.05, 0) is 32.9 Å². The van der Waals surface area contributed by atoms with E-state index in [1.807, 2.05) is 20.8 Å². The first kappa shape index (κ1) is 12.7. The van der Waals surface area contributed by atoms with Gasteiger partial charge in [-0.3, -0.25) is 4.79 Å². The lowest BCUT2D eigenvalue weighted by Gasteiger charge is -2.34. The van der Waals surface area contributed by atoms with Crippen molar-refractivity contribution in [2.75, 3.05) is 11.4 Å². The summed E-state index contributed by atoms with van der Waals surface area (Å²) < 4.78 is 0. The normalized spacial score (nSPS) is 11.2. The van der Waals surface area contributed by atoms with Crippen LogP contribution in [0, 0.1) is 0 Å². The lowest BCUT2D eigenvalue weighted by Crippen LogP contribution is -2.45. The molecule has 0 saturated carbocycles. The summed E-state index contributed by atoms with van der Waals surface area (Å²) in [7, 11) is 0. The third kappa shape index (κ3) is 3.34. The minimum Gasteiger partial charge on any atom is -0.480 e. The molecule has 16 heavy (non-hydrogen) atoms. The van der Waals surface area contributed by atoms with E-state index in [0.717, 1.165) is 0 Å². The van der Waals surface area contributed by atoms with Crippen LogP contribution in [0.25, 0.3) is 0 Å². The van der Waals surface area contributed by atoms with Gasteiger partial charge in [0.15, 0.2) is 11.0 Å². The molecule has 0 bridgehead atoms. The van der Waals surface area contributed by atoms with E-state index in [-0.39, 0.29) is 17.2 Å². The lowest BCUT2D eigenvalue weighted by atomic mass is 10.1. The highest BCUT2D eigenvalue weighted by atomic mass is 35.5. The Kier molecular flexibility index (Phi) is 3.70. The quantitative estimate of drug-likeness (QED) is 0.877. The van der Waals surface area contributed by atoms with E-state index in [1.165, 1.54) is 0 Å². The second-order valence-corrected chi connectivity index (χ2v) is 4.75. The van der Waals surface area contributed by atoms with Gasteiger partial charge in [-0.25, -0.2) is 0 Å². The highest BCUT2D eigenvalue weighted by Gasteiger charge is 2.25. The number of halogens is 1. The minimum atomic E-state index is -0.910. The van der Waals surface area contributed by atoms with Crippen molar-refractivity contribution in [2.24, 2.45) is 0 Å². The van der Waals surface area contributed by atoms with Gasteiger partial charge in [0.1, 0.15) is 6.54 Å². The molecule has 0 radical (unpaired) electrons. The fraction of sp³-hybridized carbons (Fsp3) is 0.500. The van der Waals surface area contributed by atoms with Crippen molar-refractivity contribution in [3.63, 3.8) is 0 Å². The summed E-state index contributed by atoms with van der Waals surface area (Å²) in [5, 5.41) is 16.7. The average Bonchev–Trinajstić information content (AvgIpc) is 2.14. The number of hydrogen-bond donors (Lipinski definition) is 1. The number of aromatic nitrogens is 2. The molecule has 5 nitrogen and oxygen atoms in total. The highest BCUT2D eigenvalue weighted by molar-refractivity contribution is 6.29. The zero-order chi connectivity index (χ0) is 12.3. The smallest absolute Gasteiger partial charge is 0.323 e. The zero-order valence-electron chi connectivity index (χ0n) is 9.44.